The summed E-state index contributed by atoms with van der Waals surface area (Å²) in [4.78, 5) is 18.3. The number of primary amides is 1. The lowest BCUT2D eigenvalue weighted by Crippen LogP contribution is -2.17. The Labute approximate surface area is 84.5 Å². The lowest BCUT2D eigenvalue weighted by Gasteiger charge is -1.97. The number of aromatic nitrogens is 2. The van der Waals surface area contributed by atoms with Gasteiger partial charge in [0.05, 0.1) is 0 Å². The van der Waals surface area contributed by atoms with Crippen molar-refractivity contribution >= 4 is 5.91 Å². The molecule has 1 aliphatic carbocycles. The van der Waals surface area contributed by atoms with Gasteiger partial charge in [0, 0.05) is 11.9 Å². The Morgan fingerprint density at radius 2 is 2.27 bits per heavy atom. The van der Waals surface area contributed by atoms with E-state index in [0.29, 0.717) is 5.69 Å². The number of halogens is 2. The van der Waals surface area contributed by atoms with E-state index in [1.165, 1.54) is 6.20 Å². The Morgan fingerprint density at radius 3 is 2.73 bits per heavy atom. The van der Waals surface area contributed by atoms with Crippen molar-refractivity contribution in [2.24, 2.45) is 11.7 Å². The molecular formula is C9H9F2N3O. The molecular weight excluding hydrogens is 204 g/mol. The van der Waals surface area contributed by atoms with Crippen LogP contribution in [0.5, 0.6) is 0 Å². The molecule has 2 rings (SSSR count). The molecule has 1 saturated carbocycles. The van der Waals surface area contributed by atoms with Crippen LogP contribution in [0.1, 0.15) is 17.4 Å². The second kappa shape index (κ2) is 2.95. The maximum atomic E-state index is 13.1. The van der Waals surface area contributed by atoms with E-state index < -0.39 is 23.7 Å². The SMILES string of the molecule is Cc1ccnc(C2C(C(N)=O)C2(F)F)n1. The van der Waals surface area contributed by atoms with E-state index in [2.05, 4.69) is 9.97 Å². The minimum absolute atomic E-state index is 0.0104. The summed E-state index contributed by atoms with van der Waals surface area (Å²) < 4.78 is 26.3. The van der Waals surface area contributed by atoms with Gasteiger partial charge in [-0.1, -0.05) is 0 Å². The number of nitrogens with zero attached hydrogens (tertiary/aromatic N) is 2. The Bertz CT molecular complexity index is 422. The number of hydrogen-bond acceptors (Lipinski definition) is 3. The number of carbonyl (C=O) groups is 1. The van der Waals surface area contributed by atoms with Crippen LogP contribution >= 0.6 is 0 Å². The smallest absolute Gasteiger partial charge is 0.271 e. The highest BCUT2D eigenvalue weighted by atomic mass is 19.3. The van der Waals surface area contributed by atoms with Crippen molar-refractivity contribution in [2.45, 2.75) is 18.8 Å². The standard InChI is InChI=1S/C9H9F2N3O/c1-4-2-3-13-8(14-4)6-5(7(12)15)9(6,10)11/h2-3,5-6H,1H3,(H2,12,15). The second-order valence-electron chi connectivity index (χ2n) is 3.59. The number of aryl methyl sites for hydroxylation is 1. The Morgan fingerprint density at radius 1 is 1.60 bits per heavy atom. The maximum absolute atomic E-state index is 13.1. The van der Waals surface area contributed by atoms with E-state index in [1.807, 2.05) is 0 Å². The first-order chi connectivity index (χ1) is 6.94. The Hall–Kier alpha value is -1.59. The van der Waals surface area contributed by atoms with Crippen LogP contribution in [0, 0.1) is 12.8 Å². The Balaban J connectivity index is 2.31. The van der Waals surface area contributed by atoms with E-state index in [9.17, 15) is 13.6 Å². The lowest BCUT2D eigenvalue weighted by atomic mass is 10.3. The molecule has 1 amide bonds. The van der Waals surface area contributed by atoms with E-state index in [4.69, 9.17) is 5.73 Å². The molecule has 0 aromatic carbocycles. The molecule has 0 aliphatic heterocycles. The number of nitrogens with two attached hydrogens (primary N) is 1. The van der Waals surface area contributed by atoms with Gasteiger partial charge < -0.3 is 5.73 Å². The highest BCUT2D eigenvalue weighted by molar-refractivity contribution is 5.83. The highest BCUT2D eigenvalue weighted by Gasteiger charge is 2.73. The van der Waals surface area contributed by atoms with Gasteiger partial charge in [-0.3, -0.25) is 4.79 Å². The fourth-order valence-corrected chi connectivity index (χ4v) is 1.62. The molecule has 2 N–H and O–H groups in total. The van der Waals surface area contributed by atoms with Crippen LogP contribution < -0.4 is 5.73 Å². The van der Waals surface area contributed by atoms with Crippen LogP contribution in [-0.2, 0) is 4.79 Å². The van der Waals surface area contributed by atoms with Crippen LogP contribution in [-0.4, -0.2) is 21.8 Å². The minimum Gasteiger partial charge on any atom is -0.369 e. The summed E-state index contributed by atoms with van der Waals surface area (Å²) in [6, 6.07) is 1.60. The quantitative estimate of drug-likeness (QED) is 0.782. The first-order valence-electron chi connectivity index (χ1n) is 4.41. The minimum atomic E-state index is -3.10. The van der Waals surface area contributed by atoms with Gasteiger partial charge in [-0.2, -0.15) is 0 Å². The third kappa shape index (κ3) is 1.45. The van der Waals surface area contributed by atoms with Crippen molar-refractivity contribution in [1.29, 1.82) is 0 Å². The number of carbonyl (C=O) groups excluding carboxylic acids is 1. The summed E-state index contributed by atoms with van der Waals surface area (Å²) in [5.41, 5.74) is 5.45. The zero-order valence-corrected chi connectivity index (χ0v) is 7.95. The predicted molar refractivity (Wildman–Crippen MR) is 47.1 cm³/mol. The molecule has 0 radical (unpaired) electrons. The topological polar surface area (TPSA) is 68.9 Å². The molecule has 1 aromatic rings. The van der Waals surface area contributed by atoms with Crippen molar-refractivity contribution < 1.29 is 13.6 Å². The van der Waals surface area contributed by atoms with E-state index in [1.54, 1.807) is 13.0 Å². The molecule has 1 fully saturated rings. The normalized spacial score (nSPS) is 27.4. The van der Waals surface area contributed by atoms with Crippen molar-refractivity contribution in [1.82, 2.24) is 9.97 Å². The molecule has 2 atom stereocenters. The average Bonchev–Trinajstić information content (AvgIpc) is 2.69. The van der Waals surface area contributed by atoms with Gasteiger partial charge in [0.25, 0.3) is 5.92 Å². The van der Waals surface area contributed by atoms with Gasteiger partial charge >= 0.3 is 0 Å². The van der Waals surface area contributed by atoms with Gasteiger partial charge in [0.2, 0.25) is 5.91 Å². The summed E-state index contributed by atoms with van der Waals surface area (Å²) in [5, 5.41) is 0. The van der Waals surface area contributed by atoms with Crippen molar-refractivity contribution in [3.05, 3.63) is 23.8 Å². The van der Waals surface area contributed by atoms with E-state index >= 15 is 0 Å². The number of hydrogen-bond donors (Lipinski definition) is 1. The zero-order valence-electron chi connectivity index (χ0n) is 7.95. The first kappa shape index (κ1) is 9.95. The fraction of sp³-hybridized carbons (Fsp3) is 0.444. The van der Waals surface area contributed by atoms with Crippen LogP contribution in [0.25, 0.3) is 0 Å². The molecule has 1 heterocycles. The van der Waals surface area contributed by atoms with Gasteiger partial charge in [0.1, 0.15) is 17.7 Å². The number of alkyl halides is 2. The van der Waals surface area contributed by atoms with Crippen molar-refractivity contribution in [2.75, 3.05) is 0 Å². The van der Waals surface area contributed by atoms with E-state index in [0.717, 1.165) is 0 Å². The molecule has 15 heavy (non-hydrogen) atoms. The molecule has 0 bridgehead atoms. The van der Waals surface area contributed by atoms with Crippen LogP contribution in [0.4, 0.5) is 8.78 Å². The largest absolute Gasteiger partial charge is 0.369 e. The third-order valence-electron chi connectivity index (χ3n) is 2.45. The summed E-state index contributed by atoms with van der Waals surface area (Å²) in [5.74, 6) is -6.83. The van der Waals surface area contributed by atoms with Crippen molar-refractivity contribution in [3.63, 3.8) is 0 Å². The van der Waals surface area contributed by atoms with Crippen molar-refractivity contribution in [3.8, 4) is 0 Å². The summed E-state index contributed by atoms with van der Waals surface area (Å²) in [6.07, 6.45) is 1.39. The monoisotopic (exact) mass is 213 g/mol. The van der Waals surface area contributed by atoms with Gasteiger partial charge in [-0.25, -0.2) is 18.7 Å². The molecule has 1 aromatic heterocycles. The Kier molecular flexibility index (Phi) is 1.95. The molecule has 6 heteroatoms. The van der Waals surface area contributed by atoms with Gasteiger partial charge in [0.15, 0.2) is 0 Å². The predicted octanol–water partition coefficient (Wildman–Crippen LogP) is 0.619. The summed E-state index contributed by atoms with van der Waals surface area (Å²) in [7, 11) is 0. The maximum Gasteiger partial charge on any atom is 0.271 e. The average molecular weight is 213 g/mol. The first-order valence-corrected chi connectivity index (χ1v) is 4.41. The van der Waals surface area contributed by atoms with Crippen LogP contribution in [0.3, 0.4) is 0 Å². The summed E-state index contributed by atoms with van der Waals surface area (Å²) in [6.45, 7) is 1.67. The van der Waals surface area contributed by atoms with Gasteiger partial charge in [-0.05, 0) is 13.0 Å². The van der Waals surface area contributed by atoms with Crippen LogP contribution in [0.2, 0.25) is 0 Å². The second-order valence-corrected chi connectivity index (χ2v) is 3.59. The molecule has 1 aliphatic rings. The van der Waals surface area contributed by atoms with Gasteiger partial charge in [-0.15, -0.1) is 0 Å². The molecule has 0 spiro atoms. The molecule has 4 nitrogen and oxygen atoms in total. The third-order valence-corrected chi connectivity index (χ3v) is 2.45. The molecule has 80 valence electrons. The van der Waals surface area contributed by atoms with Crippen LogP contribution in [0.15, 0.2) is 12.3 Å². The molecule has 0 saturated heterocycles. The zero-order chi connectivity index (χ0) is 11.2. The lowest BCUT2D eigenvalue weighted by molar-refractivity contribution is -0.121. The van der Waals surface area contributed by atoms with E-state index in [-0.39, 0.29) is 5.82 Å². The summed E-state index contributed by atoms with van der Waals surface area (Å²) >= 11 is 0. The molecule has 2 unspecified atom stereocenters. The fourth-order valence-electron chi connectivity index (χ4n) is 1.62. The number of amides is 1. The number of rotatable bonds is 2. The highest BCUT2D eigenvalue weighted by Crippen LogP contribution is 2.60.